The van der Waals surface area contributed by atoms with Crippen LogP contribution in [0.4, 0.5) is 0 Å². The maximum absolute atomic E-state index is 12.8. The summed E-state index contributed by atoms with van der Waals surface area (Å²) < 4.78 is 0. The first kappa shape index (κ1) is 20.3. The number of carbonyl (C=O) groups excluding carboxylic acids is 4. The van der Waals surface area contributed by atoms with Gasteiger partial charge in [0.1, 0.15) is 6.04 Å². The SMILES string of the molecule is O=C([C@@H]1CCCN1C(=O)CCCN1C(=O)C=C(c2ccccc2)C1=O)N1CCCC1. The van der Waals surface area contributed by atoms with E-state index in [1.54, 1.807) is 17.0 Å². The van der Waals surface area contributed by atoms with Crippen molar-refractivity contribution in [3.8, 4) is 0 Å². The standard InChI is InChI=1S/C23H27N3O4/c27-20(25-14-6-10-19(25)23(30)24-12-4-5-13-24)11-7-15-26-21(28)16-18(22(26)29)17-8-2-1-3-9-17/h1-3,8-9,16,19H,4-7,10-15H2/t19-/m0/s1. The predicted octanol–water partition coefficient (Wildman–Crippen LogP) is 1.83. The minimum atomic E-state index is -0.350. The molecule has 2 fully saturated rings. The van der Waals surface area contributed by atoms with E-state index in [0.717, 1.165) is 37.9 Å². The molecule has 4 amide bonds. The summed E-state index contributed by atoms with van der Waals surface area (Å²) in [5.41, 5.74) is 1.11. The van der Waals surface area contributed by atoms with E-state index in [1.165, 1.54) is 11.0 Å². The van der Waals surface area contributed by atoms with E-state index in [4.69, 9.17) is 0 Å². The average Bonchev–Trinajstić information content (AvgIpc) is 3.50. The van der Waals surface area contributed by atoms with Crippen LogP contribution >= 0.6 is 0 Å². The minimum Gasteiger partial charge on any atom is -0.341 e. The lowest BCUT2D eigenvalue weighted by atomic mass is 10.1. The first-order chi connectivity index (χ1) is 14.6. The van der Waals surface area contributed by atoms with E-state index >= 15 is 0 Å². The van der Waals surface area contributed by atoms with Gasteiger partial charge in [0.05, 0.1) is 5.57 Å². The Balaban J connectivity index is 1.30. The van der Waals surface area contributed by atoms with E-state index in [0.29, 0.717) is 25.0 Å². The third-order valence-corrected chi connectivity index (χ3v) is 6.14. The molecule has 3 heterocycles. The molecule has 4 rings (SSSR count). The summed E-state index contributed by atoms with van der Waals surface area (Å²) in [7, 11) is 0. The van der Waals surface area contributed by atoms with Crippen LogP contribution in [-0.2, 0) is 19.2 Å². The van der Waals surface area contributed by atoms with Gasteiger partial charge >= 0.3 is 0 Å². The van der Waals surface area contributed by atoms with Crippen molar-refractivity contribution in [3.63, 3.8) is 0 Å². The number of nitrogens with zero attached hydrogens (tertiary/aromatic N) is 3. The molecule has 2 saturated heterocycles. The molecule has 7 nitrogen and oxygen atoms in total. The van der Waals surface area contributed by atoms with Gasteiger partial charge in [0.25, 0.3) is 11.8 Å². The third kappa shape index (κ3) is 4.01. The Morgan fingerprint density at radius 3 is 2.43 bits per heavy atom. The molecule has 158 valence electrons. The molecular formula is C23H27N3O4. The molecule has 0 bridgehead atoms. The highest BCUT2D eigenvalue weighted by molar-refractivity contribution is 6.33. The van der Waals surface area contributed by atoms with Crippen molar-refractivity contribution >= 4 is 29.2 Å². The van der Waals surface area contributed by atoms with Crippen molar-refractivity contribution in [2.45, 2.75) is 44.6 Å². The zero-order chi connectivity index (χ0) is 21.1. The smallest absolute Gasteiger partial charge is 0.261 e. The van der Waals surface area contributed by atoms with Crippen LogP contribution in [0.25, 0.3) is 5.57 Å². The van der Waals surface area contributed by atoms with Crippen molar-refractivity contribution in [3.05, 3.63) is 42.0 Å². The molecule has 0 aliphatic carbocycles. The maximum atomic E-state index is 12.8. The molecule has 0 spiro atoms. The summed E-state index contributed by atoms with van der Waals surface area (Å²) in [5.74, 6) is -0.656. The summed E-state index contributed by atoms with van der Waals surface area (Å²) in [5, 5.41) is 0. The monoisotopic (exact) mass is 409 g/mol. The van der Waals surface area contributed by atoms with E-state index in [1.807, 2.05) is 23.1 Å². The van der Waals surface area contributed by atoms with Crippen LogP contribution in [0.5, 0.6) is 0 Å². The molecule has 1 aromatic rings. The van der Waals surface area contributed by atoms with Gasteiger partial charge < -0.3 is 9.80 Å². The lowest BCUT2D eigenvalue weighted by molar-refractivity contribution is -0.143. The number of hydrogen-bond acceptors (Lipinski definition) is 4. The van der Waals surface area contributed by atoms with Gasteiger partial charge in [0, 0.05) is 38.7 Å². The lowest BCUT2D eigenvalue weighted by Gasteiger charge is -2.28. The number of amides is 4. The second-order valence-corrected chi connectivity index (χ2v) is 8.10. The predicted molar refractivity (Wildman–Crippen MR) is 111 cm³/mol. The number of benzene rings is 1. The number of rotatable bonds is 6. The van der Waals surface area contributed by atoms with Crippen LogP contribution < -0.4 is 0 Å². The van der Waals surface area contributed by atoms with Crippen LogP contribution in [0.2, 0.25) is 0 Å². The van der Waals surface area contributed by atoms with E-state index in [-0.39, 0.29) is 42.6 Å². The quantitative estimate of drug-likeness (QED) is 0.672. The van der Waals surface area contributed by atoms with Gasteiger partial charge in [-0.2, -0.15) is 0 Å². The van der Waals surface area contributed by atoms with E-state index in [2.05, 4.69) is 0 Å². The van der Waals surface area contributed by atoms with Gasteiger partial charge in [-0.25, -0.2) is 0 Å². The van der Waals surface area contributed by atoms with Crippen molar-refractivity contribution in [2.24, 2.45) is 0 Å². The maximum Gasteiger partial charge on any atom is 0.261 e. The Morgan fingerprint density at radius 2 is 1.70 bits per heavy atom. The molecule has 3 aliphatic rings. The largest absolute Gasteiger partial charge is 0.341 e. The second-order valence-electron chi connectivity index (χ2n) is 8.10. The van der Waals surface area contributed by atoms with Gasteiger partial charge in [-0.1, -0.05) is 30.3 Å². The Hall–Kier alpha value is -2.96. The highest BCUT2D eigenvalue weighted by Gasteiger charge is 2.37. The first-order valence-electron chi connectivity index (χ1n) is 10.8. The summed E-state index contributed by atoms with van der Waals surface area (Å²) >= 11 is 0. The fourth-order valence-corrected chi connectivity index (χ4v) is 4.55. The molecular weight excluding hydrogens is 382 g/mol. The summed E-state index contributed by atoms with van der Waals surface area (Å²) in [6, 6.07) is 8.76. The highest BCUT2D eigenvalue weighted by atomic mass is 16.2. The van der Waals surface area contributed by atoms with Crippen LogP contribution in [0.3, 0.4) is 0 Å². The Labute approximate surface area is 176 Å². The van der Waals surface area contributed by atoms with Crippen LogP contribution in [0.1, 0.15) is 44.1 Å². The minimum absolute atomic E-state index is 0.0691. The fourth-order valence-electron chi connectivity index (χ4n) is 4.55. The number of likely N-dealkylation sites (tertiary alicyclic amines) is 2. The van der Waals surface area contributed by atoms with Crippen LogP contribution in [0, 0.1) is 0 Å². The molecule has 0 unspecified atom stereocenters. The summed E-state index contributed by atoms with van der Waals surface area (Å²) in [4.78, 5) is 55.1. The Morgan fingerprint density at radius 1 is 0.967 bits per heavy atom. The van der Waals surface area contributed by atoms with Gasteiger partial charge in [-0.3, -0.25) is 24.1 Å². The zero-order valence-corrected chi connectivity index (χ0v) is 17.1. The molecule has 7 heteroatoms. The van der Waals surface area contributed by atoms with Gasteiger partial charge in [-0.05, 0) is 37.7 Å². The van der Waals surface area contributed by atoms with Crippen molar-refractivity contribution in [1.29, 1.82) is 0 Å². The molecule has 0 radical (unpaired) electrons. The number of carbonyl (C=O) groups is 4. The van der Waals surface area contributed by atoms with Crippen molar-refractivity contribution in [1.82, 2.24) is 14.7 Å². The molecule has 1 aromatic carbocycles. The number of imide groups is 1. The topological polar surface area (TPSA) is 78.0 Å². The van der Waals surface area contributed by atoms with Gasteiger partial charge in [-0.15, -0.1) is 0 Å². The highest BCUT2D eigenvalue weighted by Crippen LogP contribution is 2.25. The summed E-state index contributed by atoms with van der Waals surface area (Å²) in [6.07, 6.45) is 5.60. The molecule has 30 heavy (non-hydrogen) atoms. The van der Waals surface area contributed by atoms with Crippen LogP contribution in [-0.4, -0.2) is 70.5 Å². The first-order valence-corrected chi connectivity index (χ1v) is 10.8. The lowest BCUT2D eigenvalue weighted by Crippen LogP contribution is -2.47. The third-order valence-electron chi connectivity index (χ3n) is 6.14. The van der Waals surface area contributed by atoms with Gasteiger partial charge in [0.15, 0.2) is 0 Å². The normalized spacial score (nSPS) is 21.5. The molecule has 0 aromatic heterocycles. The zero-order valence-electron chi connectivity index (χ0n) is 17.1. The van der Waals surface area contributed by atoms with Crippen molar-refractivity contribution < 1.29 is 19.2 Å². The van der Waals surface area contributed by atoms with Gasteiger partial charge in [0.2, 0.25) is 11.8 Å². The van der Waals surface area contributed by atoms with Crippen LogP contribution in [0.15, 0.2) is 36.4 Å². The number of hydrogen-bond donors (Lipinski definition) is 0. The average molecular weight is 409 g/mol. The van der Waals surface area contributed by atoms with E-state index in [9.17, 15) is 19.2 Å². The Kier molecular flexibility index (Phi) is 5.97. The molecule has 3 aliphatic heterocycles. The fraction of sp³-hybridized carbons (Fsp3) is 0.478. The second kappa shape index (κ2) is 8.81. The van der Waals surface area contributed by atoms with E-state index < -0.39 is 0 Å². The molecule has 0 saturated carbocycles. The van der Waals surface area contributed by atoms with Crippen molar-refractivity contribution in [2.75, 3.05) is 26.2 Å². The summed E-state index contributed by atoms with van der Waals surface area (Å²) in [6.45, 7) is 2.37. The Bertz CT molecular complexity index is 874. The molecule has 0 N–H and O–H groups in total. The molecule has 1 atom stereocenters.